The first-order valence-corrected chi connectivity index (χ1v) is 11.8. The maximum Gasteiger partial charge on any atom is 0.225 e. The Kier molecular flexibility index (Phi) is 8.29. The quantitative estimate of drug-likeness (QED) is 0.496. The van der Waals surface area contributed by atoms with E-state index in [0.717, 1.165) is 83.3 Å². The normalized spacial score (nSPS) is 18.6. The lowest BCUT2D eigenvalue weighted by Gasteiger charge is -2.38. The summed E-state index contributed by atoms with van der Waals surface area (Å²) < 4.78 is 0. The molecule has 8 heteroatoms. The van der Waals surface area contributed by atoms with Crippen LogP contribution in [0.1, 0.15) is 41.8 Å². The summed E-state index contributed by atoms with van der Waals surface area (Å²) in [5, 5.41) is 7.92. The summed E-state index contributed by atoms with van der Waals surface area (Å²) in [4.78, 5) is 27.5. The highest BCUT2D eigenvalue weighted by atomic mass is 32.1. The van der Waals surface area contributed by atoms with Crippen molar-refractivity contribution in [2.24, 2.45) is 10.9 Å². The topological polar surface area (TPSA) is 72.9 Å². The summed E-state index contributed by atoms with van der Waals surface area (Å²) in [6.07, 6.45) is 4.33. The highest BCUT2D eigenvalue weighted by molar-refractivity contribution is 7.11. The van der Waals surface area contributed by atoms with E-state index in [9.17, 15) is 4.79 Å². The summed E-state index contributed by atoms with van der Waals surface area (Å²) in [6, 6.07) is 0. The third-order valence-corrected chi connectivity index (χ3v) is 7.01. The number of aromatic nitrogens is 1. The largest absolute Gasteiger partial charge is 0.357 e. The van der Waals surface area contributed by atoms with Crippen LogP contribution in [0, 0.1) is 19.8 Å². The SMILES string of the molecule is CCNC(=NCCN1CCN(C(=O)C2CCC2)CC1)NCCc1nc(C)c(C)s1. The van der Waals surface area contributed by atoms with Crippen molar-refractivity contribution >= 4 is 23.2 Å². The number of carbonyl (C=O) groups is 1. The summed E-state index contributed by atoms with van der Waals surface area (Å²) in [6.45, 7) is 13.3. The van der Waals surface area contributed by atoms with Gasteiger partial charge < -0.3 is 15.5 Å². The number of nitrogens with zero attached hydrogens (tertiary/aromatic N) is 4. The van der Waals surface area contributed by atoms with Crippen LogP contribution in [0.25, 0.3) is 0 Å². The molecular formula is C21H36N6OS. The Morgan fingerprint density at radius 3 is 2.55 bits per heavy atom. The molecule has 2 heterocycles. The van der Waals surface area contributed by atoms with E-state index in [1.165, 1.54) is 16.3 Å². The van der Waals surface area contributed by atoms with Crippen molar-refractivity contribution in [2.75, 3.05) is 52.4 Å². The minimum absolute atomic E-state index is 0.317. The number of hydrogen-bond acceptors (Lipinski definition) is 5. The molecule has 1 aliphatic heterocycles. The number of hydrogen-bond donors (Lipinski definition) is 2. The van der Waals surface area contributed by atoms with Crippen molar-refractivity contribution in [1.82, 2.24) is 25.4 Å². The van der Waals surface area contributed by atoms with E-state index in [1.54, 1.807) is 11.3 Å². The molecule has 29 heavy (non-hydrogen) atoms. The zero-order valence-corrected chi connectivity index (χ0v) is 19.0. The zero-order valence-electron chi connectivity index (χ0n) is 18.2. The second-order valence-corrected chi connectivity index (χ2v) is 9.27. The fourth-order valence-corrected chi connectivity index (χ4v) is 4.62. The van der Waals surface area contributed by atoms with E-state index in [-0.39, 0.29) is 0 Å². The van der Waals surface area contributed by atoms with Crippen LogP contribution < -0.4 is 10.6 Å². The molecule has 1 aromatic heterocycles. The third kappa shape index (κ3) is 6.40. The van der Waals surface area contributed by atoms with Gasteiger partial charge in [-0.05, 0) is 33.6 Å². The molecule has 0 spiro atoms. The van der Waals surface area contributed by atoms with Crippen molar-refractivity contribution < 1.29 is 4.79 Å². The van der Waals surface area contributed by atoms with Crippen LogP contribution in [0.2, 0.25) is 0 Å². The lowest BCUT2D eigenvalue weighted by Crippen LogP contribution is -2.51. The van der Waals surface area contributed by atoms with Crippen LogP contribution in [-0.2, 0) is 11.2 Å². The van der Waals surface area contributed by atoms with Gasteiger partial charge in [-0.2, -0.15) is 0 Å². The molecule has 3 rings (SSSR count). The summed E-state index contributed by atoms with van der Waals surface area (Å²) in [5.74, 6) is 1.58. The maximum absolute atomic E-state index is 12.4. The van der Waals surface area contributed by atoms with Crippen molar-refractivity contribution in [3.63, 3.8) is 0 Å². The van der Waals surface area contributed by atoms with Gasteiger partial charge in [0.2, 0.25) is 5.91 Å². The van der Waals surface area contributed by atoms with Crippen LogP contribution in [0.4, 0.5) is 0 Å². The van der Waals surface area contributed by atoms with E-state index in [1.807, 2.05) is 0 Å². The van der Waals surface area contributed by atoms with Crippen molar-refractivity contribution in [2.45, 2.75) is 46.5 Å². The second-order valence-electron chi connectivity index (χ2n) is 7.98. The predicted molar refractivity (Wildman–Crippen MR) is 120 cm³/mol. The maximum atomic E-state index is 12.4. The molecule has 1 aliphatic carbocycles. The standard InChI is InChI=1S/C21H36N6OS/c1-4-22-21(23-9-8-19-25-16(2)17(3)29-19)24-10-11-26-12-14-27(15-13-26)20(28)18-6-5-7-18/h18H,4-15H2,1-3H3,(H2,22,23,24). The first kappa shape index (κ1) is 22.0. The van der Waals surface area contributed by atoms with Gasteiger partial charge in [0.15, 0.2) is 5.96 Å². The molecule has 1 saturated carbocycles. The molecule has 1 aromatic rings. The van der Waals surface area contributed by atoms with Crippen molar-refractivity contribution in [3.05, 3.63) is 15.6 Å². The van der Waals surface area contributed by atoms with Crippen LogP contribution >= 0.6 is 11.3 Å². The van der Waals surface area contributed by atoms with Crippen molar-refractivity contribution in [3.8, 4) is 0 Å². The van der Waals surface area contributed by atoms with Crippen LogP contribution in [0.5, 0.6) is 0 Å². The van der Waals surface area contributed by atoms with E-state index < -0.39 is 0 Å². The van der Waals surface area contributed by atoms with Gasteiger partial charge >= 0.3 is 0 Å². The number of nitrogens with one attached hydrogen (secondary N) is 2. The lowest BCUT2D eigenvalue weighted by molar-refractivity contribution is -0.139. The summed E-state index contributed by atoms with van der Waals surface area (Å²) in [5.41, 5.74) is 1.14. The number of amides is 1. The predicted octanol–water partition coefficient (Wildman–Crippen LogP) is 1.80. The van der Waals surface area contributed by atoms with Gasteiger partial charge in [0, 0.05) is 63.0 Å². The first-order valence-electron chi connectivity index (χ1n) is 11.0. The lowest BCUT2D eigenvalue weighted by atomic mass is 9.84. The van der Waals surface area contributed by atoms with Crippen LogP contribution in [-0.4, -0.2) is 79.0 Å². The minimum atomic E-state index is 0.317. The van der Waals surface area contributed by atoms with Gasteiger partial charge in [0.25, 0.3) is 0 Å². The number of aliphatic imine (C=N–C) groups is 1. The highest BCUT2D eigenvalue weighted by Crippen LogP contribution is 2.28. The average Bonchev–Trinajstić information content (AvgIpc) is 2.98. The Morgan fingerprint density at radius 2 is 1.97 bits per heavy atom. The van der Waals surface area contributed by atoms with Gasteiger partial charge in [-0.3, -0.25) is 14.7 Å². The van der Waals surface area contributed by atoms with Gasteiger partial charge in [0.1, 0.15) is 0 Å². The molecule has 2 aliphatic rings. The summed E-state index contributed by atoms with van der Waals surface area (Å²) in [7, 11) is 0. The second kappa shape index (κ2) is 10.9. The number of aryl methyl sites for hydroxylation is 2. The Bertz CT molecular complexity index is 672. The van der Waals surface area contributed by atoms with E-state index in [4.69, 9.17) is 4.99 Å². The smallest absolute Gasteiger partial charge is 0.225 e. The van der Waals surface area contributed by atoms with Gasteiger partial charge in [-0.25, -0.2) is 4.98 Å². The van der Waals surface area contributed by atoms with E-state index in [0.29, 0.717) is 11.8 Å². The molecule has 1 amide bonds. The van der Waals surface area contributed by atoms with Gasteiger partial charge in [0.05, 0.1) is 17.2 Å². The Hall–Kier alpha value is -1.67. The molecule has 0 unspecified atom stereocenters. The molecule has 2 fully saturated rings. The number of rotatable bonds is 8. The number of piperazine rings is 1. The molecule has 162 valence electrons. The molecule has 1 saturated heterocycles. The fraction of sp³-hybridized carbons (Fsp3) is 0.762. The Balaban J connectivity index is 1.36. The zero-order chi connectivity index (χ0) is 20.6. The first-order chi connectivity index (χ1) is 14.1. The molecule has 0 aromatic carbocycles. The third-order valence-electron chi connectivity index (χ3n) is 5.87. The molecule has 2 N–H and O–H groups in total. The van der Waals surface area contributed by atoms with Gasteiger partial charge in [-0.1, -0.05) is 6.42 Å². The number of guanidine groups is 1. The van der Waals surface area contributed by atoms with Crippen LogP contribution in [0.3, 0.4) is 0 Å². The van der Waals surface area contributed by atoms with E-state index in [2.05, 4.69) is 46.2 Å². The highest BCUT2D eigenvalue weighted by Gasteiger charge is 2.30. The molecule has 0 bridgehead atoms. The molecule has 0 radical (unpaired) electrons. The monoisotopic (exact) mass is 420 g/mol. The molecule has 7 nitrogen and oxygen atoms in total. The number of carbonyl (C=O) groups excluding carboxylic acids is 1. The average molecular weight is 421 g/mol. The van der Waals surface area contributed by atoms with Crippen molar-refractivity contribution in [1.29, 1.82) is 0 Å². The summed E-state index contributed by atoms with van der Waals surface area (Å²) >= 11 is 1.78. The Morgan fingerprint density at radius 1 is 1.21 bits per heavy atom. The fourth-order valence-electron chi connectivity index (χ4n) is 3.68. The Labute approximate surface area is 179 Å². The van der Waals surface area contributed by atoms with Gasteiger partial charge in [-0.15, -0.1) is 11.3 Å². The van der Waals surface area contributed by atoms with E-state index >= 15 is 0 Å². The number of thiazole rings is 1. The minimum Gasteiger partial charge on any atom is -0.357 e. The molecule has 0 atom stereocenters. The molecular weight excluding hydrogens is 384 g/mol. The van der Waals surface area contributed by atoms with Crippen LogP contribution in [0.15, 0.2) is 4.99 Å².